The molecule has 0 aromatic heterocycles. The lowest BCUT2D eigenvalue weighted by Crippen LogP contribution is -2.37. The minimum atomic E-state index is -0.513. The molecule has 0 aliphatic heterocycles. The highest BCUT2D eigenvalue weighted by Crippen LogP contribution is 2.34. The first-order valence-corrected chi connectivity index (χ1v) is 8.86. The highest BCUT2D eigenvalue weighted by Gasteiger charge is 2.19. The van der Waals surface area contributed by atoms with Crippen molar-refractivity contribution in [1.82, 2.24) is 10.6 Å². The number of hydrogen-bond donors (Lipinski definition) is 2. The molecule has 0 spiro atoms. The van der Waals surface area contributed by atoms with Crippen molar-refractivity contribution in [2.75, 3.05) is 27.3 Å². The number of rotatable bonds is 9. The molecule has 0 saturated heterocycles. The molecular weight excluding hydrogens is 378 g/mol. The van der Waals surface area contributed by atoms with E-state index in [0.717, 1.165) is 5.56 Å². The number of methoxy groups -OCH3 is 2. The number of carbonyl (C=O) groups is 2. The Bertz CT molecular complexity index is 913. The van der Waals surface area contributed by atoms with E-state index in [0.29, 0.717) is 16.9 Å². The van der Waals surface area contributed by atoms with Crippen LogP contribution in [-0.4, -0.2) is 44.0 Å². The Morgan fingerprint density at radius 1 is 1.07 bits per heavy atom. The van der Waals surface area contributed by atoms with E-state index in [1.54, 1.807) is 18.2 Å². The average Bonchev–Trinajstić information content (AvgIpc) is 2.71. The monoisotopic (exact) mass is 401 g/mol. The van der Waals surface area contributed by atoms with E-state index in [4.69, 9.17) is 9.47 Å². The quantitative estimate of drug-likeness (QED) is 0.490. The van der Waals surface area contributed by atoms with Crippen LogP contribution in [0.1, 0.15) is 21.5 Å². The smallest absolute Gasteiger partial charge is 0.276 e. The molecule has 2 N–H and O–H groups in total. The van der Waals surface area contributed by atoms with Gasteiger partial charge in [0, 0.05) is 17.7 Å². The summed E-state index contributed by atoms with van der Waals surface area (Å²) in [6.07, 6.45) is 0.217. The number of amides is 2. The molecule has 2 aromatic carbocycles. The predicted molar refractivity (Wildman–Crippen MR) is 106 cm³/mol. The highest BCUT2D eigenvalue weighted by atomic mass is 16.6. The number of ether oxygens (including phenoxy) is 2. The van der Waals surface area contributed by atoms with E-state index in [2.05, 4.69) is 10.6 Å². The van der Waals surface area contributed by atoms with Crippen LogP contribution < -0.4 is 20.1 Å². The highest BCUT2D eigenvalue weighted by molar-refractivity contribution is 5.96. The SMILES string of the molecule is COc1cc(CCNC(=O)CNC(=O)c2cccc(C)c2)c([N+](=O)[O-])cc1OC. The summed E-state index contributed by atoms with van der Waals surface area (Å²) in [5.41, 5.74) is 1.69. The zero-order chi connectivity index (χ0) is 21.4. The van der Waals surface area contributed by atoms with Crippen LogP contribution in [0.3, 0.4) is 0 Å². The Kier molecular flexibility index (Phi) is 7.53. The molecule has 29 heavy (non-hydrogen) atoms. The summed E-state index contributed by atoms with van der Waals surface area (Å²) in [7, 11) is 2.83. The van der Waals surface area contributed by atoms with Gasteiger partial charge in [-0.1, -0.05) is 17.7 Å². The predicted octanol–water partition coefficient (Wildman–Crippen LogP) is 2.01. The standard InChI is InChI=1S/C20H23N3O6/c1-13-5-4-6-15(9-13)20(25)22-12-19(24)21-8-7-14-10-17(28-2)18(29-3)11-16(14)23(26)27/h4-6,9-11H,7-8,12H2,1-3H3,(H,21,24)(H,22,25). The topological polar surface area (TPSA) is 120 Å². The fourth-order valence-electron chi connectivity index (χ4n) is 2.73. The number of aryl methyl sites for hydroxylation is 1. The van der Waals surface area contributed by atoms with Gasteiger partial charge in [-0.2, -0.15) is 0 Å². The zero-order valence-corrected chi connectivity index (χ0v) is 16.5. The van der Waals surface area contributed by atoms with Crippen LogP contribution in [0.25, 0.3) is 0 Å². The van der Waals surface area contributed by atoms with E-state index in [1.807, 2.05) is 13.0 Å². The third-order valence-electron chi connectivity index (χ3n) is 4.19. The molecule has 0 unspecified atom stereocenters. The van der Waals surface area contributed by atoms with Crippen molar-refractivity contribution in [3.8, 4) is 11.5 Å². The van der Waals surface area contributed by atoms with E-state index in [1.165, 1.54) is 26.4 Å². The number of carbonyl (C=O) groups excluding carboxylic acids is 2. The van der Waals surface area contributed by atoms with Crippen LogP contribution in [0, 0.1) is 17.0 Å². The molecule has 9 nitrogen and oxygen atoms in total. The molecule has 0 bridgehead atoms. The van der Waals surface area contributed by atoms with Gasteiger partial charge in [0.1, 0.15) is 0 Å². The van der Waals surface area contributed by atoms with Gasteiger partial charge in [0.2, 0.25) is 5.91 Å². The fraction of sp³-hybridized carbons (Fsp3) is 0.300. The van der Waals surface area contributed by atoms with Crippen LogP contribution in [0.4, 0.5) is 5.69 Å². The number of nitrogens with one attached hydrogen (secondary N) is 2. The lowest BCUT2D eigenvalue weighted by molar-refractivity contribution is -0.385. The minimum absolute atomic E-state index is 0.121. The summed E-state index contributed by atoms with van der Waals surface area (Å²) in [5, 5.41) is 16.5. The Morgan fingerprint density at radius 3 is 2.38 bits per heavy atom. The summed E-state index contributed by atoms with van der Waals surface area (Å²) in [6, 6.07) is 9.83. The summed E-state index contributed by atoms with van der Waals surface area (Å²) >= 11 is 0. The molecule has 2 rings (SSSR count). The first-order valence-electron chi connectivity index (χ1n) is 8.86. The summed E-state index contributed by atoms with van der Waals surface area (Å²) in [5.74, 6) is -0.121. The van der Waals surface area contributed by atoms with Gasteiger partial charge in [0.25, 0.3) is 11.6 Å². The summed E-state index contributed by atoms with van der Waals surface area (Å²) < 4.78 is 10.3. The van der Waals surface area contributed by atoms with Crippen LogP contribution >= 0.6 is 0 Å². The second-order valence-corrected chi connectivity index (χ2v) is 6.25. The Hall–Kier alpha value is -3.62. The van der Waals surface area contributed by atoms with Crippen LogP contribution in [-0.2, 0) is 11.2 Å². The van der Waals surface area contributed by atoms with Crippen molar-refractivity contribution < 1.29 is 24.0 Å². The second-order valence-electron chi connectivity index (χ2n) is 6.25. The fourth-order valence-corrected chi connectivity index (χ4v) is 2.73. The molecule has 0 radical (unpaired) electrons. The third kappa shape index (κ3) is 5.93. The van der Waals surface area contributed by atoms with Gasteiger partial charge >= 0.3 is 0 Å². The normalized spacial score (nSPS) is 10.2. The van der Waals surface area contributed by atoms with Gasteiger partial charge in [-0.3, -0.25) is 19.7 Å². The Balaban J connectivity index is 1.91. The first-order chi connectivity index (χ1) is 13.8. The molecule has 0 atom stereocenters. The summed E-state index contributed by atoms with van der Waals surface area (Å²) in [6.45, 7) is 1.84. The van der Waals surface area contributed by atoms with Gasteiger partial charge in [-0.05, 0) is 31.5 Å². The van der Waals surface area contributed by atoms with Crippen LogP contribution in [0.2, 0.25) is 0 Å². The Labute approximate surface area is 168 Å². The van der Waals surface area contributed by atoms with E-state index < -0.39 is 10.8 Å². The maximum absolute atomic E-state index is 12.1. The molecule has 9 heteroatoms. The molecular formula is C20H23N3O6. The number of benzene rings is 2. The van der Waals surface area contributed by atoms with Crippen molar-refractivity contribution in [3.05, 3.63) is 63.2 Å². The number of nitro benzene ring substituents is 1. The first kappa shape index (κ1) is 21.7. The molecule has 0 fully saturated rings. The van der Waals surface area contributed by atoms with Gasteiger partial charge in [-0.15, -0.1) is 0 Å². The molecule has 2 amide bonds. The number of nitrogens with zero attached hydrogens (tertiary/aromatic N) is 1. The second kappa shape index (κ2) is 10.1. The molecule has 0 saturated carbocycles. The average molecular weight is 401 g/mol. The third-order valence-corrected chi connectivity index (χ3v) is 4.19. The van der Waals surface area contributed by atoms with Gasteiger partial charge in [-0.25, -0.2) is 0 Å². The maximum atomic E-state index is 12.1. The zero-order valence-electron chi connectivity index (χ0n) is 16.5. The van der Waals surface area contributed by atoms with E-state index in [-0.39, 0.29) is 36.9 Å². The summed E-state index contributed by atoms with van der Waals surface area (Å²) in [4.78, 5) is 34.8. The van der Waals surface area contributed by atoms with Crippen LogP contribution in [0.5, 0.6) is 11.5 Å². The number of nitro groups is 1. The largest absolute Gasteiger partial charge is 0.493 e. The maximum Gasteiger partial charge on any atom is 0.276 e. The van der Waals surface area contributed by atoms with Crippen molar-refractivity contribution in [2.24, 2.45) is 0 Å². The Morgan fingerprint density at radius 2 is 1.76 bits per heavy atom. The minimum Gasteiger partial charge on any atom is -0.493 e. The molecule has 0 heterocycles. The van der Waals surface area contributed by atoms with Gasteiger partial charge in [0.05, 0.1) is 31.8 Å². The van der Waals surface area contributed by atoms with Gasteiger partial charge < -0.3 is 20.1 Å². The lowest BCUT2D eigenvalue weighted by Gasteiger charge is -2.11. The van der Waals surface area contributed by atoms with Crippen molar-refractivity contribution in [2.45, 2.75) is 13.3 Å². The molecule has 2 aromatic rings. The van der Waals surface area contributed by atoms with E-state index in [9.17, 15) is 19.7 Å². The van der Waals surface area contributed by atoms with Crippen LogP contribution in [0.15, 0.2) is 36.4 Å². The molecule has 0 aliphatic carbocycles. The number of hydrogen-bond acceptors (Lipinski definition) is 6. The molecule has 154 valence electrons. The van der Waals surface area contributed by atoms with Crippen molar-refractivity contribution in [1.29, 1.82) is 0 Å². The van der Waals surface area contributed by atoms with Crippen molar-refractivity contribution >= 4 is 17.5 Å². The lowest BCUT2D eigenvalue weighted by atomic mass is 10.1. The van der Waals surface area contributed by atoms with E-state index >= 15 is 0 Å². The molecule has 0 aliphatic rings. The van der Waals surface area contributed by atoms with Crippen molar-refractivity contribution in [3.63, 3.8) is 0 Å². The van der Waals surface area contributed by atoms with Gasteiger partial charge in [0.15, 0.2) is 11.5 Å².